The predicted octanol–water partition coefficient (Wildman–Crippen LogP) is -0.406. The van der Waals surface area contributed by atoms with E-state index in [1.807, 2.05) is 54.2 Å². The molecule has 0 unspecified atom stereocenters. The van der Waals surface area contributed by atoms with Gasteiger partial charge in [0.1, 0.15) is 7.05 Å². The van der Waals surface area contributed by atoms with Crippen molar-refractivity contribution in [2.45, 2.75) is 0 Å². The van der Waals surface area contributed by atoms with Gasteiger partial charge in [0, 0.05) is 30.3 Å². The molecule has 0 aliphatic rings. The Labute approximate surface area is 128 Å². The van der Waals surface area contributed by atoms with Gasteiger partial charge < -0.3 is 24.0 Å². The molecule has 1 aromatic carbocycles. The summed E-state index contributed by atoms with van der Waals surface area (Å²) >= 11 is 0. The van der Waals surface area contributed by atoms with Crippen LogP contribution in [-0.2, 0) is 7.05 Å². The molecule has 0 N–H and O–H groups in total. The standard InChI is InChI=1S/C14H13N2O2.HI/c1-15-10-3-2-6-13(15)9-8-12-5-4-7-14(11-12)16(17)18;/h2-11H,1H3;1H/q+1;/p-1. The van der Waals surface area contributed by atoms with E-state index in [1.54, 1.807) is 12.1 Å². The first kappa shape index (κ1) is 15.3. The molecule has 0 bridgehead atoms. The summed E-state index contributed by atoms with van der Waals surface area (Å²) in [5.74, 6) is 0. The van der Waals surface area contributed by atoms with Crippen molar-refractivity contribution in [3.8, 4) is 0 Å². The van der Waals surface area contributed by atoms with E-state index in [1.165, 1.54) is 6.07 Å². The molecule has 5 heteroatoms. The first-order valence-corrected chi connectivity index (χ1v) is 5.54. The van der Waals surface area contributed by atoms with Gasteiger partial charge in [-0.15, -0.1) is 0 Å². The van der Waals surface area contributed by atoms with Crippen LogP contribution in [0.2, 0.25) is 0 Å². The van der Waals surface area contributed by atoms with Gasteiger partial charge in [0.05, 0.1) is 4.92 Å². The lowest BCUT2D eigenvalue weighted by molar-refractivity contribution is -0.673. The Balaban J connectivity index is 0.00000180. The molecule has 1 aromatic heterocycles. The van der Waals surface area contributed by atoms with E-state index in [0.717, 1.165) is 11.3 Å². The number of rotatable bonds is 3. The molecule has 0 fully saturated rings. The van der Waals surface area contributed by atoms with Gasteiger partial charge in [-0.25, -0.2) is 4.57 Å². The van der Waals surface area contributed by atoms with E-state index in [4.69, 9.17) is 0 Å². The van der Waals surface area contributed by atoms with Gasteiger partial charge in [0.2, 0.25) is 5.69 Å². The van der Waals surface area contributed by atoms with Crippen LogP contribution in [0.25, 0.3) is 12.2 Å². The molecular weight excluding hydrogens is 355 g/mol. The van der Waals surface area contributed by atoms with Crippen LogP contribution in [0.3, 0.4) is 0 Å². The Morgan fingerprint density at radius 2 is 1.95 bits per heavy atom. The fourth-order valence-electron chi connectivity index (χ4n) is 1.63. The number of aromatic nitrogens is 1. The van der Waals surface area contributed by atoms with Crippen LogP contribution in [0.4, 0.5) is 5.69 Å². The number of benzene rings is 1. The summed E-state index contributed by atoms with van der Waals surface area (Å²) in [5, 5.41) is 10.7. The zero-order valence-corrected chi connectivity index (χ0v) is 12.5. The van der Waals surface area contributed by atoms with E-state index in [9.17, 15) is 10.1 Å². The number of nitrogens with zero attached hydrogens (tertiary/aromatic N) is 2. The maximum Gasteiger partial charge on any atom is 0.270 e. The normalized spacial score (nSPS) is 10.2. The van der Waals surface area contributed by atoms with Crippen LogP contribution in [-0.4, -0.2) is 4.92 Å². The largest absolute Gasteiger partial charge is 1.00 e. The topological polar surface area (TPSA) is 47.0 Å². The van der Waals surface area contributed by atoms with E-state index < -0.39 is 0 Å². The molecule has 0 atom stereocenters. The molecule has 98 valence electrons. The Kier molecular flexibility index (Phi) is 5.62. The monoisotopic (exact) mass is 368 g/mol. The molecule has 4 nitrogen and oxygen atoms in total. The van der Waals surface area contributed by atoms with Crippen LogP contribution in [0.1, 0.15) is 11.3 Å². The van der Waals surface area contributed by atoms with E-state index in [2.05, 4.69) is 0 Å². The molecule has 0 spiro atoms. The summed E-state index contributed by atoms with van der Waals surface area (Å²) in [6.45, 7) is 0. The van der Waals surface area contributed by atoms with Gasteiger partial charge >= 0.3 is 0 Å². The van der Waals surface area contributed by atoms with Crippen molar-refractivity contribution in [1.29, 1.82) is 0 Å². The average molecular weight is 368 g/mol. The molecule has 0 aliphatic heterocycles. The van der Waals surface area contributed by atoms with Gasteiger partial charge in [0.15, 0.2) is 6.20 Å². The van der Waals surface area contributed by atoms with Crippen molar-refractivity contribution >= 4 is 17.8 Å². The third-order valence-corrected chi connectivity index (χ3v) is 2.62. The highest BCUT2D eigenvalue weighted by atomic mass is 127. The second kappa shape index (κ2) is 6.98. The summed E-state index contributed by atoms with van der Waals surface area (Å²) in [4.78, 5) is 10.3. The number of hydrogen-bond donors (Lipinski definition) is 0. The molecule has 0 radical (unpaired) electrons. The molecule has 2 aromatic rings. The van der Waals surface area contributed by atoms with Crippen molar-refractivity contribution in [3.63, 3.8) is 0 Å². The molecule has 1 heterocycles. The SMILES string of the molecule is C[n+]1ccccc1C=Cc1cccc([N+](=O)[O-])c1.[I-]. The van der Waals surface area contributed by atoms with Gasteiger partial charge in [-0.2, -0.15) is 0 Å². The second-order valence-corrected chi connectivity index (χ2v) is 3.92. The molecule has 0 amide bonds. The highest BCUT2D eigenvalue weighted by Crippen LogP contribution is 2.14. The minimum atomic E-state index is -0.389. The van der Waals surface area contributed by atoms with Gasteiger partial charge in [-0.3, -0.25) is 10.1 Å². The summed E-state index contributed by atoms with van der Waals surface area (Å²) < 4.78 is 1.98. The minimum absolute atomic E-state index is 0. The lowest BCUT2D eigenvalue weighted by Crippen LogP contribution is -3.00. The lowest BCUT2D eigenvalue weighted by atomic mass is 10.1. The summed E-state index contributed by atoms with van der Waals surface area (Å²) in [6, 6.07) is 12.4. The summed E-state index contributed by atoms with van der Waals surface area (Å²) in [6.07, 6.45) is 5.74. The predicted molar refractivity (Wildman–Crippen MR) is 69.6 cm³/mol. The number of nitro benzene ring substituents is 1. The zero-order chi connectivity index (χ0) is 13.0. The van der Waals surface area contributed by atoms with Crippen LogP contribution in [0, 0.1) is 10.1 Å². The van der Waals surface area contributed by atoms with Crippen molar-refractivity contribution in [1.82, 2.24) is 0 Å². The Morgan fingerprint density at radius 1 is 1.16 bits per heavy atom. The number of pyridine rings is 1. The number of hydrogen-bond acceptors (Lipinski definition) is 2. The van der Waals surface area contributed by atoms with Crippen LogP contribution in [0.15, 0.2) is 48.7 Å². The summed E-state index contributed by atoms with van der Waals surface area (Å²) in [5.41, 5.74) is 1.95. The quantitative estimate of drug-likeness (QED) is 0.320. The van der Waals surface area contributed by atoms with Crippen molar-refractivity contribution < 1.29 is 33.5 Å². The molecule has 2 rings (SSSR count). The van der Waals surface area contributed by atoms with Crippen LogP contribution >= 0.6 is 0 Å². The van der Waals surface area contributed by atoms with Crippen molar-refractivity contribution in [2.75, 3.05) is 0 Å². The first-order valence-electron chi connectivity index (χ1n) is 5.54. The van der Waals surface area contributed by atoms with Gasteiger partial charge in [-0.1, -0.05) is 12.1 Å². The molecule has 0 aliphatic carbocycles. The lowest BCUT2D eigenvalue weighted by Gasteiger charge is -1.95. The molecule has 0 saturated heterocycles. The number of nitro groups is 1. The van der Waals surface area contributed by atoms with Gasteiger partial charge in [0.25, 0.3) is 5.69 Å². The zero-order valence-electron chi connectivity index (χ0n) is 10.4. The fraction of sp³-hybridized carbons (Fsp3) is 0.0714. The third kappa shape index (κ3) is 4.13. The Bertz CT molecular complexity index is 612. The number of halogens is 1. The first-order chi connectivity index (χ1) is 8.66. The smallest absolute Gasteiger partial charge is 0.270 e. The van der Waals surface area contributed by atoms with E-state index in [-0.39, 0.29) is 34.6 Å². The Hall–Kier alpha value is -1.76. The van der Waals surface area contributed by atoms with Crippen LogP contribution in [0.5, 0.6) is 0 Å². The average Bonchev–Trinajstić information content (AvgIpc) is 2.38. The fourth-order valence-corrected chi connectivity index (χ4v) is 1.63. The molecule has 0 saturated carbocycles. The van der Waals surface area contributed by atoms with Crippen molar-refractivity contribution in [3.05, 3.63) is 70.0 Å². The second-order valence-electron chi connectivity index (χ2n) is 3.92. The summed E-state index contributed by atoms with van der Waals surface area (Å²) in [7, 11) is 1.95. The van der Waals surface area contributed by atoms with Gasteiger partial charge in [-0.05, 0) is 17.7 Å². The number of non-ortho nitro benzene ring substituents is 1. The van der Waals surface area contributed by atoms with Crippen LogP contribution < -0.4 is 28.5 Å². The Morgan fingerprint density at radius 3 is 2.63 bits per heavy atom. The molecular formula is C14H13IN2O2. The van der Waals surface area contributed by atoms with E-state index in [0.29, 0.717) is 0 Å². The molecule has 19 heavy (non-hydrogen) atoms. The van der Waals surface area contributed by atoms with E-state index >= 15 is 0 Å². The number of aryl methyl sites for hydroxylation is 1. The minimum Gasteiger partial charge on any atom is -1.00 e. The van der Waals surface area contributed by atoms with Crippen molar-refractivity contribution in [2.24, 2.45) is 7.05 Å². The highest BCUT2D eigenvalue weighted by Gasteiger charge is 2.04. The highest BCUT2D eigenvalue weighted by molar-refractivity contribution is 5.68. The maximum atomic E-state index is 10.7. The third-order valence-electron chi connectivity index (χ3n) is 2.62. The maximum absolute atomic E-state index is 10.7.